The number of nitrogens with zero attached hydrogens (tertiary/aromatic N) is 2. The second-order valence-corrected chi connectivity index (χ2v) is 4.67. The Labute approximate surface area is 119 Å². The van der Waals surface area contributed by atoms with Gasteiger partial charge in [-0.25, -0.2) is 0 Å². The van der Waals surface area contributed by atoms with Gasteiger partial charge >= 0.3 is 0 Å². The third-order valence-corrected chi connectivity index (χ3v) is 2.91. The number of hydrogen-bond acceptors (Lipinski definition) is 2. The highest BCUT2D eigenvalue weighted by atomic mass is 14.8. The van der Waals surface area contributed by atoms with Gasteiger partial charge in [0.2, 0.25) is 0 Å². The van der Waals surface area contributed by atoms with Gasteiger partial charge in [0, 0.05) is 6.21 Å². The van der Waals surface area contributed by atoms with Crippen LogP contribution in [0.4, 0.5) is 0 Å². The number of rotatable bonds is 4. The van der Waals surface area contributed by atoms with E-state index in [1.807, 2.05) is 72.8 Å². The maximum Gasteiger partial charge on any atom is 0.162 e. The van der Waals surface area contributed by atoms with E-state index in [4.69, 9.17) is 0 Å². The molecule has 20 heavy (non-hydrogen) atoms. The van der Waals surface area contributed by atoms with E-state index in [1.54, 1.807) is 13.1 Å². The lowest BCUT2D eigenvalue weighted by Gasteiger charge is -2.10. The molecule has 0 aliphatic carbocycles. The van der Waals surface area contributed by atoms with Crippen LogP contribution in [0, 0.1) is 11.3 Å². The highest BCUT2D eigenvalue weighted by molar-refractivity contribution is 5.80. The molecule has 0 saturated carbocycles. The summed E-state index contributed by atoms with van der Waals surface area (Å²) in [5, 5.41) is 9.33. The van der Waals surface area contributed by atoms with Gasteiger partial charge in [-0.05, 0) is 24.1 Å². The predicted molar refractivity (Wildman–Crippen MR) is 83.5 cm³/mol. The monoisotopic (exact) mass is 260 g/mol. The Morgan fingerprint density at radius 1 is 0.950 bits per heavy atom. The van der Waals surface area contributed by atoms with Crippen molar-refractivity contribution in [2.75, 3.05) is 0 Å². The molecule has 2 heteroatoms. The van der Waals surface area contributed by atoms with Gasteiger partial charge in [-0.15, -0.1) is 0 Å². The van der Waals surface area contributed by atoms with Crippen molar-refractivity contribution in [3.8, 4) is 6.07 Å². The van der Waals surface area contributed by atoms with Crippen molar-refractivity contribution >= 4 is 12.3 Å². The zero-order valence-electron chi connectivity index (χ0n) is 11.4. The molecule has 2 rings (SSSR count). The minimum atomic E-state index is -0.855. The summed E-state index contributed by atoms with van der Waals surface area (Å²) in [7, 11) is 0. The average molecular weight is 260 g/mol. The average Bonchev–Trinajstić information content (AvgIpc) is 2.53. The lowest BCUT2D eigenvalue weighted by Crippen LogP contribution is -2.15. The first-order valence-corrected chi connectivity index (χ1v) is 6.48. The van der Waals surface area contributed by atoms with Crippen LogP contribution in [-0.4, -0.2) is 11.8 Å². The summed E-state index contributed by atoms with van der Waals surface area (Å²) in [5.74, 6) is 0. The second-order valence-electron chi connectivity index (χ2n) is 4.67. The minimum absolute atomic E-state index is 0.855. The van der Waals surface area contributed by atoms with Crippen molar-refractivity contribution < 1.29 is 0 Å². The summed E-state index contributed by atoms with van der Waals surface area (Å²) in [6.45, 7) is 1.80. The molecule has 0 aromatic heterocycles. The first-order chi connectivity index (χ1) is 9.72. The number of nitriles is 1. The summed E-state index contributed by atoms with van der Waals surface area (Å²) in [4.78, 5) is 4.39. The molecule has 0 fully saturated rings. The van der Waals surface area contributed by atoms with Crippen molar-refractivity contribution in [3.05, 3.63) is 77.9 Å². The summed E-state index contributed by atoms with van der Waals surface area (Å²) in [6, 6.07) is 21.9. The second kappa shape index (κ2) is 6.49. The molecule has 98 valence electrons. The highest BCUT2D eigenvalue weighted by Crippen LogP contribution is 2.14. The molecular weight excluding hydrogens is 244 g/mol. The standard InChI is InChI=1S/C18H16N2/c1-18(15-19,13-12-16-8-4-2-5-9-16)20-14-17-10-6-3-7-11-17/h2-14H,1H3/b13-12+,20-14?. The van der Waals surface area contributed by atoms with Crippen molar-refractivity contribution in [1.82, 2.24) is 0 Å². The van der Waals surface area contributed by atoms with Crippen LogP contribution in [0.25, 0.3) is 6.08 Å². The quantitative estimate of drug-likeness (QED) is 0.762. The molecular formula is C18H16N2. The van der Waals surface area contributed by atoms with Crippen molar-refractivity contribution in [3.63, 3.8) is 0 Å². The zero-order valence-corrected chi connectivity index (χ0v) is 11.4. The third-order valence-electron chi connectivity index (χ3n) is 2.91. The molecule has 0 N–H and O–H groups in total. The van der Waals surface area contributed by atoms with Crippen LogP contribution in [0.15, 0.2) is 71.7 Å². The molecule has 2 nitrogen and oxygen atoms in total. The van der Waals surface area contributed by atoms with E-state index in [1.165, 1.54) is 0 Å². The van der Waals surface area contributed by atoms with E-state index in [0.717, 1.165) is 11.1 Å². The Kier molecular flexibility index (Phi) is 4.47. The minimum Gasteiger partial charge on any atom is -0.267 e. The van der Waals surface area contributed by atoms with Gasteiger partial charge in [-0.2, -0.15) is 5.26 Å². The van der Waals surface area contributed by atoms with E-state index < -0.39 is 5.54 Å². The van der Waals surface area contributed by atoms with Gasteiger partial charge in [-0.3, -0.25) is 4.99 Å². The van der Waals surface area contributed by atoms with Gasteiger partial charge in [0.15, 0.2) is 5.54 Å². The third kappa shape index (κ3) is 3.93. The highest BCUT2D eigenvalue weighted by Gasteiger charge is 2.16. The van der Waals surface area contributed by atoms with Crippen LogP contribution in [0.2, 0.25) is 0 Å². The maximum atomic E-state index is 9.33. The molecule has 2 aromatic carbocycles. The molecule has 2 aromatic rings. The fourth-order valence-corrected chi connectivity index (χ4v) is 1.68. The molecule has 0 amide bonds. The van der Waals surface area contributed by atoms with E-state index in [0.29, 0.717) is 0 Å². The van der Waals surface area contributed by atoms with E-state index in [2.05, 4.69) is 11.1 Å². The number of aliphatic imine (C=N–C) groups is 1. The lowest BCUT2D eigenvalue weighted by molar-refractivity contribution is 0.762. The molecule has 0 heterocycles. The maximum absolute atomic E-state index is 9.33. The molecule has 0 aliphatic heterocycles. The Balaban J connectivity index is 2.16. The van der Waals surface area contributed by atoms with Crippen LogP contribution >= 0.6 is 0 Å². The first-order valence-electron chi connectivity index (χ1n) is 6.48. The van der Waals surface area contributed by atoms with Crippen LogP contribution in [0.5, 0.6) is 0 Å². The molecule has 0 radical (unpaired) electrons. The van der Waals surface area contributed by atoms with Gasteiger partial charge in [0.1, 0.15) is 0 Å². The predicted octanol–water partition coefficient (Wildman–Crippen LogP) is 4.10. The van der Waals surface area contributed by atoms with Gasteiger partial charge in [0.25, 0.3) is 0 Å². The molecule has 0 aliphatic rings. The largest absolute Gasteiger partial charge is 0.267 e. The summed E-state index contributed by atoms with van der Waals surface area (Å²) < 4.78 is 0. The SMILES string of the molecule is CC(C#N)(/C=C/c1ccccc1)N=Cc1ccccc1. The van der Waals surface area contributed by atoms with Crippen molar-refractivity contribution in [2.45, 2.75) is 12.5 Å². The smallest absolute Gasteiger partial charge is 0.162 e. The van der Waals surface area contributed by atoms with Crippen molar-refractivity contribution in [2.24, 2.45) is 4.99 Å². The molecule has 1 unspecified atom stereocenters. The van der Waals surface area contributed by atoms with Gasteiger partial charge in [-0.1, -0.05) is 66.7 Å². The Bertz CT molecular complexity index is 585. The fourth-order valence-electron chi connectivity index (χ4n) is 1.68. The van der Waals surface area contributed by atoms with Crippen LogP contribution in [0.1, 0.15) is 18.1 Å². The van der Waals surface area contributed by atoms with Gasteiger partial charge in [0.05, 0.1) is 6.07 Å². The first kappa shape index (κ1) is 13.8. The summed E-state index contributed by atoms with van der Waals surface area (Å²) >= 11 is 0. The summed E-state index contributed by atoms with van der Waals surface area (Å²) in [5.41, 5.74) is 1.19. The van der Waals surface area contributed by atoms with Gasteiger partial charge < -0.3 is 0 Å². The lowest BCUT2D eigenvalue weighted by atomic mass is 10.0. The van der Waals surface area contributed by atoms with Crippen LogP contribution in [-0.2, 0) is 0 Å². The Morgan fingerprint density at radius 3 is 2.05 bits per heavy atom. The van der Waals surface area contributed by atoms with Crippen LogP contribution in [0.3, 0.4) is 0 Å². The van der Waals surface area contributed by atoms with E-state index in [-0.39, 0.29) is 0 Å². The topological polar surface area (TPSA) is 36.1 Å². The number of hydrogen-bond donors (Lipinski definition) is 0. The molecule has 0 spiro atoms. The van der Waals surface area contributed by atoms with Crippen LogP contribution < -0.4 is 0 Å². The van der Waals surface area contributed by atoms with Crippen molar-refractivity contribution in [1.29, 1.82) is 5.26 Å². The van der Waals surface area contributed by atoms with E-state index in [9.17, 15) is 5.26 Å². The Morgan fingerprint density at radius 2 is 1.50 bits per heavy atom. The molecule has 1 atom stereocenters. The number of benzene rings is 2. The van der Waals surface area contributed by atoms with E-state index >= 15 is 0 Å². The molecule has 0 saturated heterocycles. The molecule has 0 bridgehead atoms. The zero-order chi connectivity index (χ0) is 14.3. The summed E-state index contributed by atoms with van der Waals surface area (Å²) in [6.07, 6.45) is 5.48. The normalized spacial score (nSPS) is 14.2. The fraction of sp³-hybridized carbons (Fsp3) is 0.111. The Hall–Kier alpha value is -2.66.